The minimum absolute atomic E-state index is 0.0484. The van der Waals surface area contributed by atoms with Crippen molar-refractivity contribution < 1.29 is 24.7 Å². The Morgan fingerprint density at radius 1 is 1.28 bits per heavy atom. The number of non-ortho nitro benzene ring substituents is 1. The molecule has 9 nitrogen and oxygen atoms in total. The molecular formula is C16H23N3O6. The summed E-state index contributed by atoms with van der Waals surface area (Å²) in [5.74, 6) is -1.99. The monoisotopic (exact) mass is 353 g/mol. The second kappa shape index (κ2) is 9.09. The SMILES string of the molecule is CC(C)C[C@H](NC(=O)C(O)C(N)Cc1ccc([N+](=O)[O-])cc1)C(=O)O. The van der Waals surface area contributed by atoms with Gasteiger partial charge in [-0.25, -0.2) is 4.79 Å². The zero-order valence-corrected chi connectivity index (χ0v) is 14.1. The highest BCUT2D eigenvalue weighted by atomic mass is 16.6. The van der Waals surface area contributed by atoms with Crippen molar-refractivity contribution in [1.82, 2.24) is 5.32 Å². The van der Waals surface area contributed by atoms with Crippen LogP contribution in [0.5, 0.6) is 0 Å². The summed E-state index contributed by atoms with van der Waals surface area (Å²) in [5, 5.41) is 32.0. The van der Waals surface area contributed by atoms with Crippen LogP contribution in [0.2, 0.25) is 0 Å². The maximum Gasteiger partial charge on any atom is 0.326 e. The van der Waals surface area contributed by atoms with Gasteiger partial charge in [0.15, 0.2) is 0 Å². The zero-order valence-electron chi connectivity index (χ0n) is 14.1. The summed E-state index contributed by atoms with van der Waals surface area (Å²) in [4.78, 5) is 33.2. The highest BCUT2D eigenvalue weighted by Gasteiger charge is 2.28. The molecule has 9 heteroatoms. The average molecular weight is 353 g/mol. The molecule has 0 aliphatic heterocycles. The number of carbonyl (C=O) groups excluding carboxylic acids is 1. The number of benzene rings is 1. The molecule has 0 spiro atoms. The minimum atomic E-state index is -1.59. The molecule has 0 radical (unpaired) electrons. The number of carboxylic acid groups (broad SMARTS) is 1. The fraction of sp³-hybridized carbons (Fsp3) is 0.500. The van der Waals surface area contributed by atoms with Crippen molar-refractivity contribution in [2.24, 2.45) is 11.7 Å². The molecule has 0 bridgehead atoms. The molecule has 0 aliphatic carbocycles. The van der Waals surface area contributed by atoms with Gasteiger partial charge in [0, 0.05) is 18.2 Å². The summed E-state index contributed by atoms with van der Waals surface area (Å²) in [5.41, 5.74) is 6.35. The quantitative estimate of drug-likeness (QED) is 0.371. The third-order valence-electron chi connectivity index (χ3n) is 3.61. The van der Waals surface area contributed by atoms with Gasteiger partial charge < -0.3 is 21.3 Å². The van der Waals surface area contributed by atoms with Gasteiger partial charge in [0.05, 0.1) is 4.92 Å². The highest BCUT2D eigenvalue weighted by Crippen LogP contribution is 2.14. The van der Waals surface area contributed by atoms with Crippen LogP contribution in [-0.4, -0.2) is 45.2 Å². The third kappa shape index (κ3) is 6.48. The maximum absolute atomic E-state index is 12.0. The number of aliphatic hydroxyl groups is 1. The van der Waals surface area contributed by atoms with Crippen molar-refractivity contribution in [2.75, 3.05) is 0 Å². The van der Waals surface area contributed by atoms with Crippen LogP contribution in [0.3, 0.4) is 0 Å². The molecule has 1 aromatic carbocycles. The van der Waals surface area contributed by atoms with E-state index in [0.717, 1.165) is 0 Å². The number of hydrogen-bond donors (Lipinski definition) is 4. The van der Waals surface area contributed by atoms with E-state index in [0.29, 0.717) is 5.56 Å². The van der Waals surface area contributed by atoms with Crippen LogP contribution in [0.4, 0.5) is 5.69 Å². The van der Waals surface area contributed by atoms with Crippen molar-refractivity contribution in [1.29, 1.82) is 0 Å². The van der Waals surface area contributed by atoms with E-state index in [1.54, 1.807) is 0 Å². The predicted molar refractivity (Wildman–Crippen MR) is 89.8 cm³/mol. The first-order valence-corrected chi connectivity index (χ1v) is 7.82. The summed E-state index contributed by atoms with van der Waals surface area (Å²) in [6.45, 7) is 3.64. The molecule has 3 atom stereocenters. The molecule has 0 saturated heterocycles. The number of hydrogen-bond acceptors (Lipinski definition) is 6. The average Bonchev–Trinajstić information content (AvgIpc) is 2.53. The van der Waals surface area contributed by atoms with E-state index < -0.39 is 35.0 Å². The number of aliphatic hydroxyl groups excluding tert-OH is 1. The van der Waals surface area contributed by atoms with Crippen molar-refractivity contribution in [3.05, 3.63) is 39.9 Å². The fourth-order valence-electron chi connectivity index (χ4n) is 2.28. The standard InChI is InChI=1S/C16H23N3O6/c1-9(2)7-13(16(22)23)18-15(21)14(20)12(17)8-10-3-5-11(6-4-10)19(24)25/h3-6,9,12-14,20H,7-8,17H2,1-2H3,(H,18,21)(H,22,23)/t12?,13-,14?/m0/s1. The van der Waals surface area contributed by atoms with E-state index in [-0.39, 0.29) is 24.4 Å². The number of carboxylic acids is 1. The van der Waals surface area contributed by atoms with E-state index in [9.17, 15) is 24.8 Å². The lowest BCUT2D eigenvalue weighted by Crippen LogP contribution is -2.52. The van der Waals surface area contributed by atoms with Crippen LogP contribution >= 0.6 is 0 Å². The highest BCUT2D eigenvalue weighted by molar-refractivity contribution is 5.86. The number of nitrogens with one attached hydrogen (secondary N) is 1. The van der Waals surface area contributed by atoms with Crippen molar-refractivity contribution in [2.45, 2.75) is 44.9 Å². The van der Waals surface area contributed by atoms with E-state index in [4.69, 9.17) is 10.8 Å². The van der Waals surface area contributed by atoms with Crippen molar-refractivity contribution in [3.8, 4) is 0 Å². The van der Waals surface area contributed by atoms with Crippen LogP contribution in [0.1, 0.15) is 25.8 Å². The molecule has 1 aromatic rings. The molecule has 0 saturated carbocycles. The first kappa shape index (κ1) is 20.5. The number of amides is 1. The second-order valence-corrected chi connectivity index (χ2v) is 6.27. The Hall–Kier alpha value is -2.52. The van der Waals surface area contributed by atoms with Gasteiger partial charge in [-0.2, -0.15) is 0 Å². The van der Waals surface area contributed by atoms with Crippen LogP contribution in [0.15, 0.2) is 24.3 Å². The van der Waals surface area contributed by atoms with Crippen LogP contribution in [0.25, 0.3) is 0 Å². The zero-order chi connectivity index (χ0) is 19.1. The molecule has 138 valence electrons. The summed E-state index contributed by atoms with van der Waals surface area (Å²) in [6, 6.07) is 3.50. The molecular weight excluding hydrogens is 330 g/mol. The number of aliphatic carboxylic acids is 1. The number of rotatable bonds is 9. The maximum atomic E-state index is 12.0. The van der Waals surface area contributed by atoms with E-state index in [1.165, 1.54) is 24.3 Å². The molecule has 0 fully saturated rings. The van der Waals surface area contributed by atoms with Gasteiger partial charge >= 0.3 is 5.97 Å². The molecule has 0 aromatic heterocycles. The normalized spacial score (nSPS) is 14.6. The Bertz CT molecular complexity index is 617. The Labute approximate surface area is 145 Å². The van der Waals surface area contributed by atoms with Gasteiger partial charge in [0.25, 0.3) is 11.6 Å². The Balaban J connectivity index is 2.67. The smallest absolute Gasteiger partial charge is 0.326 e. The summed E-state index contributed by atoms with van der Waals surface area (Å²) in [7, 11) is 0. The number of nitrogens with zero attached hydrogens (tertiary/aromatic N) is 1. The van der Waals surface area contributed by atoms with Crippen LogP contribution in [0, 0.1) is 16.0 Å². The Kier molecular flexibility index (Phi) is 7.46. The van der Waals surface area contributed by atoms with Crippen LogP contribution in [-0.2, 0) is 16.0 Å². The lowest BCUT2D eigenvalue weighted by atomic mass is 10.00. The fourth-order valence-corrected chi connectivity index (χ4v) is 2.28. The molecule has 1 amide bonds. The largest absolute Gasteiger partial charge is 0.480 e. The van der Waals surface area contributed by atoms with Gasteiger partial charge in [-0.15, -0.1) is 0 Å². The number of nitrogens with two attached hydrogens (primary N) is 1. The van der Waals surface area contributed by atoms with Crippen LogP contribution < -0.4 is 11.1 Å². The van der Waals surface area contributed by atoms with Gasteiger partial charge in [0.2, 0.25) is 0 Å². The molecule has 5 N–H and O–H groups in total. The van der Waals surface area contributed by atoms with E-state index >= 15 is 0 Å². The van der Waals surface area contributed by atoms with E-state index in [1.807, 2.05) is 13.8 Å². The first-order valence-electron chi connectivity index (χ1n) is 7.82. The molecule has 0 heterocycles. The molecule has 25 heavy (non-hydrogen) atoms. The third-order valence-corrected chi connectivity index (χ3v) is 3.61. The molecule has 0 aliphatic rings. The predicted octanol–water partition coefficient (Wildman–Crippen LogP) is 0.441. The Morgan fingerprint density at radius 3 is 2.28 bits per heavy atom. The van der Waals surface area contributed by atoms with E-state index in [2.05, 4.69) is 5.32 Å². The van der Waals surface area contributed by atoms with Crippen molar-refractivity contribution >= 4 is 17.6 Å². The van der Waals surface area contributed by atoms with Gasteiger partial charge in [-0.3, -0.25) is 14.9 Å². The molecule has 1 rings (SSSR count). The summed E-state index contributed by atoms with van der Waals surface area (Å²) in [6.07, 6.45) is -1.26. The summed E-state index contributed by atoms with van der Waals surface area (Å²) >= 11 is 0. The lowest BCUT2D eigenvalue weighted by Gasteiger charge is -2.22. The lowest BCUT2D eigenvalue weighted by molar-refractivity contribution is -0.384. The topological polar surface area (TPSA) is 156 Å². The van der Waals surface area contributed by atoms with Gasteiger partial charge in [-0.05, 0) is 24.3 Å². The number of carbonyl (C=O) groups is 2. The summed E-state index contributed by atoms with van der Waals surface area (Å²) < 4.78 is 0. The second-order valence-electron chi connectivity index (χ2n) is 6.27. The number of nitro benzene ring substituents is 1. The molecule has 2 unspecified atom stereocenters. The van der Waals surface area contributed by atoms with Gasteiger partial charge in [-0.1, -0.05) is 26.0 Å². The number of nitro groups is 1. The Morgan fingerprint density at radius 2 is 1.84 bits per heavy atom. The van der Waals surface area contributed by atoms with Gasteiger partial charge in [0.1, 0.15) is 12.1 Å². The first-order chi connectivity index (χ1) is 11.6. The van der Waals surface area contributed by atoms with Crippen molar-refractivity contribution in [3.63, 3.8) is 0 Å². The minimum Gasteiger partial charge on any atom is -0.480 e.